The van der Waals surface area contributed by atoms with Gasteiger partial charge in [0, 0.05) is 34.8 Å². The molecule has 3 heteroatoms. The first-order valence-electron chi connectivity index (χ1n) is 6.36. The summed E-state index contributed by atoms with van der Waals surface area (Å²) in [5.74, 6) is 0.898. The van der Waals surface area contributed by atoms with Crippen LogP contribution in [0.5, 0.6) is 5.75 Å². The highest BCUT2D eigenvalue weighted by molar-refractivity contribution is 5.95. The highest BCUT2D eigenvalue weighted by Gasteiger charge is 2.14. The van der Waals surface area contributed by atoms with E-state index >= 15 is 0 Å². The second-order valence-electron chi connectivity index (χ2n) is 4.72. The van der Waals surface area contributed by atoms with Crippen LogP contribution in [0.25, 0.3) is 16.5 Å². The van der Waals surface area contributed by atoms with Gasteiger partial charge < -0.3 is 15.0 Å². The number of aromatic nitrogens is 1. The molecule has 1 aromatic heterocycles. The summed E-state index contributed by atoms with van der Waals surface area (Å²) in [5, 5.41) is 4.65. The summed E-state index contributed by atoms with van der Waals surface area (Å²) in [7, 11) is 1.70. The first kappa shape index (κ1) is 11.4. The Morgan fingerprint density at radius 1 is 1.28 bits per heavy atom. The molecule has 2 N–H and O–H groups in total. The molecule has 0 amide bonds. The summed E-state index contributed by atoms with van der Waals surface area (Å²) in [6, 6.07) is 6.24. The lowest BCUT2D eigenvalue weighted by Gasteiger charge is -2.14. The van der Waals surface area contributed by atoms with Crippen LogP contribution in [0.3, 0.4) is 0 Å². The third-order valence-corrected chi connectivity index (χ3v) is 3.58. The van der Waals surface area contributed by atoms with E-state index < -0.39 is 0 Å². The fourth-order valence-electron chi connectivity index (χ4n) is 2.70. The van der Waals surface area contributed by atoms with E-state index in [2.05, 4.69) is 35.4 Å². The summed E-state index contributed by atoms with van der Waals surface area (Å²) < 4.78 is 5.27. The van der Waals surface area contributed by atoms with Crippen molar-refractivity contribution in [1.29, 1.82) is 0 Å². The van der Waals surface area contributed by atoms with Crippen LogP contribution >= 0.6 is 0 Å². The molecule has 0 bridgehead atoms. The summed E-state index contributed by atoms with van der Waals surface area (Å²) >= 11 is 0. The van der Waals surface area contributed by atoms with E-state index in [-0.39, 0.29) is 0 Å². The molecule has 0 radical (unpaired) electrons. The molecule has 0 unspecified atom stereocenters. The minimum absolute atomic E-state index is 0.898. The van der Waals surface area contributed by atoms with Crippen LogP contribution in [0, 0.1) is 6.92 Å². The Bertz CT molecular complexity index is 610. The van der Waals surface area contributed by atoms with Crippen molar-refractivity contribution in [2.75, 3.05) is 20.2 Å². The second kappa shape index (κ2) is 4.50. The molecular formula is C15H18N2O. The number of aromatic amines is 1. The van der Waals surface area contributed by atoms with Crippen LogP contribution in [-0.2, 0) is 0 Å². The topological polar surface area (TPSA) is 37.0 Å². The van der Waals surface area contributed by atoms with Crippen LogP contribution < -0.4 is 10.1 Å². The van der Waals surface area contributed by atoms with E-state index in [0.29, 0.717) is 0 Å². The highest BCUT2D eigenvalue weighted by atomic mass is 16.5. The Labute approximate surface area is 107 Å². The van der Waals surface area contributed by atoms with Gasteiger partial charge in [-0.05, 0) is 37.6 Å². The van der Waals surface area contributed by atoms with Gasteiger partial charge in [-0.1, -0.05) is 6.08 Å². The predicted octanol–water partition coefficient (Wildman–Crippen LogP) is 2.86. The van der Waals surface area contributed by atoms with Gasteiger partial charge in [-0.15, -0.1) is 0 Å². The number of aryl methyl sites for hydroxylation is 1. The van der Waals surface area contributed by atoms with Gasteiger partial charge in [0.2, 0.25) is 0 Å². The van der Waals surface area contributed by atoms with Gasteiger partial charge in [-0.2, -0.15) is 0 Å². The van der Waals surface area contributed by atoms with Crippen LogP contribution in [-0.4, -0.2) is 25.2 Å². The standard InChI is InChI=1S/C15H18N2O/c1-10-15(11-5-7-16-8-6-11)13-4-3-12(18-2)9-14(13)17-10/h3-5,9,16-17H,6-8H2,1-2H3. The average molecular weight is 242 g/mol. The summed E-state index contributed by atoms with van der Waals surface area (Å²) in [4.78, 5) is 3.46. The lowest BCUT2D eigenvalue weighted by atomic mass is 9.97. The number of hydrogen-bond acceptors (Lipinski definition) is 2. The molecular weight excluding hydrogens is 224 g/mol. The van der Waals surface area contributed by atoms with Crippen molar-refractivity contribution in [2.24, 2.45) is 0 Å². The van der Waals surface area contributed by atoms with Gasteiger partial charge >= 0.3 is 0 Å². The molecule has 1 aliphatic rings. The van der Waals surface area contributed by atoms with E-state index in [9.17, 15) is 0 Å². The second-order valence-corrected chi connectivity index (χ2v) is 4.72. The number of nitrogens with one attached hydrogen (secondary N) is 2. The molecule has 3 nitrogen and oxygen atoms in total. The number of methoxy groups -OCH3 is 1. The molecule has 18 heavy (non-hydrogen) atoms. The molecule has 0 aliphatic carbocycles. The van der Waals surface area contributed by atoms with Crippen LogP contribution in [0.15, 0.2) is 24.3 Å². The molecule has 0 saturated carbocycles. The first-order chi connectivity index (χ1) is 8.79. The summed E-state index contributed by atoms with van der Waals surface area (Å²) in [6.45, 7) is 4.18. The number of hydrogen-bond donors (Lipinski definition) is 2. The van der Waals surface area contributed by atoms with Gasteiger partial charge in [-0.3, -0.25) is 0 Å². The van der Waals surface area contributed by atoms with E-state index in [4.69, 9.17) is 4.74 Å². The van der Waals surface area contributed by atoms with Gasteiger partial charge in [-0.25, -0.2) is 0 Å². The van der Waals surface area contributed by atoms with Crippen molar-refractivity contribution in [2.45, 2.75) is 13.3 Å². The smallest absolute Gasteiger partial charge is 0.120 e. The van der Waals surface area contributed by atoms with Crippen molar-refractivity contribution in [1.82, 2.24) is 10.3 Å². The Morgan fingerprint density at radius 2 is 2.17 bits per heavy atom. The fraction of sp³-hybridized carbons (Fsp3) is 0.333. The van der Waals surface area contributed by atoms with Crippen LogP contribution in [0.1, 0.15) is 17.7 Å². The molecule has 0 fully saturated rings. The molecule has 94 valence electrons. The van der Waals surface area contributed by atoms with Crippen molar-refractivity contribution < 1.29 is 4.74 Å². The van der Waals surface area contributed by atoms with Crippen molar-refractivity contribution >= 4 is 16.5 Å². The molecule has 2 heterocycles. The Morgan fingerprint density at radius 3 is 2.89 bits per heavy atom. The summed E-state index contributed by atoms with van der Waals surface area (Å²) in [5.41, 5.74) is 5.21. The van der Waals surface area contributed by atoms with E-state index in [1.54, 1.807) is 7.11 Å². The zero-order valence-electron chi connectivity index (χ0n) is 10.8. The Kier molecular flexibility index (Phi) is 2.84. The maximum Gasteiger partial charge on any atom is 0.120 e. The van der Waals surface area contributed by atoms with Crippen LogP contribution in [0.2, 0.25) is 0 Å². The molecule has 2 aromatic rings. The zero-order valence-corrected chi connectivity index (χ0v) is 10.8. The molecule has 0 saturated heterocycles. The third kappa shape index (κ3) is 1.81. The molecule has 1 aliphatic heterocycles. The maximum atomic E-state index is 5.27. The molecule has 0 atom stereocenters. The van der Waals surface area contributed by atoms with E-state index in [0.717, 1.165) is 30.8 Å². The molecule has 0 spiro atoms. The number of rotatable bonds is 2. The quantitative estimate of drug-likeness (QED) is 0.849. The van der Waals surface area contributed by atoms with Gasteiger partial charge in [0.1, 0.15) is 5.75 Å². The minimum Gasteiger partial charge on any atom is -0.497 e. The largest absolute Gasteiger partial charge is 0.497 e. The SMILES string of the molecule is COc1ccc2c(C3=CCNCC3)c(C)[nH]c2c1. The minimum atomic E-state index is 0.898. The first-order valence-corrected chi connectivity index (χ1v) is 6.36. The predicted molar refractivity (Wildman–Crippen MR) is 75.1 cm³/mol. The average Bonchev–Trinajstić information content (AvgIpc) is 2.74. The lowest BCUT2D eigenvalue weighted by molar-refractivity contribution is 0.415. The molecule has 3 rings (SSSR count). The monoisotopic (exact) mass is 242 g/mol. The Hall–Kier alpha value is -1.74. The third-order valence-electron chi connectivity index (χ3n) is 3.58. The van der Waals surface area contributed by atoms with E-state index in [1.165, 1.54) is 22.2 Å². The molecule has 1 aromatic carbocycles. The van der Waals surface area contributed by atoms with Crippen molar-refractivity contribution in [3.63, 3.8) is 0 Å². The number of H-pyrrole nitrogens is 1. The van der Waals surface area contributed by atoms with Gasteiger partial charge in [0.05, 0.1) is 7.11 Å². The van der Waals surface area contributed by atoms with E-state index in [1.807, 2.05) is 6.07 Å². The Balaban J connectivity index is 2.16. The summed E-state index contributed by atoms with van der Waals surface area (Å²) in [6.07, 6.45) is 3.39. The number of benzene rings is 1. The lowest BCUT2D eigenvalue weighted by Crippen LogP contribution is -2.20. The fourth-order valence-corrected chi connectivity index (χ4v) is 2.70. The van der Waals surface area contributed by atoms with Gasteiger partial charge in [0.15, 0.2) is 0 Å². The highest BCUT2D eigenvalue weighted by Crippen LogP contribution is 2.32. The van der Waals surface area contributed by atoms with Crippen molar-refractivity contribution in [3.8, 4) is 5.75 Å². The van der Waals surface area contributed by atoms with Gasteiger partial charge in [0.25, 0.3) is 0 Å². The number of ether oxygens (including phenoxy) is 1. The van der Waals surface area contributed by atoms with Crippen molar-refractivity contribution in [3.05, 3.63) is 35.5 Å². The number of fused-ring (bicyclic) bond motifs is 1. The normalized spacial score (nSPS) is 15.8. The maximum absolute atomic E-state index is 5.27. The zero-order chi connectivity index (χ0) is 12.5. The van der Waals surface area contributed by atoms with Crippen LogP contribution in [0.4, 0.5) is 0 Å².